The average molecular weight is 729 g/mol. The molecule has 0 bridgehead atoms. The number of allylic oxidation sites excluding steroid dienone is 6. The minimum atomic E-state index is -4.27. The lowest BCUT2D eigenvalue weighted by Crippen LogP contribution is -2.37. The first kappa shape index (κ1) is 48.7. The fourth-order valence-corrected chi connectivity index (χ4v) is 5.97. The van der Waals surface area contributed by atoms with Crippen molar-refractivity contribution in [1.82, 2.24) is 0 Å². The van der Waals surface area contributed by atoms with Gasteiger partial charge in [-0.25, -0.2) is 4.57 Å². The Morgan fingerprint density at radius 1 is 0.620 bits per heavy atom. The highest BCUT2D eigenvalue weighted by atomic mass is 31.2. The molecule has 0 aliphatic heterocycles. The van der Waals surface area contributed by atoms with E-state index in [1.54, 1.807) is 0 Å². The van der Waals surface area contributed by atoms with Crippen molar-refractivity contribution in [2.24, 2.45) is 0 Å². The molecule has 0 fully saturated rings. The number of ether oxygens (including phenoxy) is 2. The standard InChI is InChI=1S/C41H78NO7P/c1-6-8-10-12-14-16-18-20-21-23-25-27-29-31-33-36-46-38-40(39-48-50(44,45)47-37-35-42(3,4)5)49-41(43)34-32-30-28-26-24-22-19-17-15-13-11-9-7-2/h11,13,17-20,40H,6-10,12,14-16,21-39H2,1-5H3/p+1/b13-11-,19-17-,20-18-. The minimum Gasteiger partial charge on any atom is -0.457 e. The van der Waals surface area contributed by atoms with Crippen molar-refractivity contribution in [3.8, 4) is 0 Å². The summed E-state index contributed by atoms with van der Waals surface area (Å²) in [4.78, 5) is 22.8. The zero-order valence-electron chi connectivity index (χ0n) is 33.1. The number of unbranched alkanes of at least 4 members (excludes halogenated alkanes) is 17. The lowest BCUT2D eigenvalue weighted by molar-refractivity contribution is -0.870. The fraction of sp³-hybridized carbons (Fsp3) is 0.829. The van der Waals surface area contributed by atoms with E-state index in [-0.39, 0.29) is 25.8 Å². The molecular weight excluding hydrogens is 649 g/mol. The van der Waals surface area contributed by atoms with E-state index in [0.29, 0.717) is 24.1 Å². The molecular formula is C41H79NO7P+. The van der Waals surface area contributed by atoms with Gasteiger partial charge in [0.25, 0.3) is 0 Å². The predicted octanol–water partition coefficient (Wildman–Crippen LogP) is 11.4. The van der Waals surface area contributed by atoms with Crippen LogP contribution < -0.4 is 0 Å². The Labute approximate surface area is 308 Å². The van der Waals surface area contributed by atoms with Gasteiger partial charge in [-0.15, -0.1) is 0 Å². The third-order valence-electron chi connectivity index (χ3n) is 8.40. The van der Waals surface area contributed by atoms with Crippen LogP contribution in [0.25, 0.3) is 0 Å². The van der Waals surface area contributed by atoms with E-state index in [4.69, 9.17) is 18.5 Å². The van der Waals surface area contributed by atoms with Gasteiger partial charge >= 0.3 is 13.8 Å². The Balaban J connectivity index is 4.31. The molecule has 0 saturated heterocycles. The molecule has 0 rings (SSSR count). The highest BCUT2D eigenvalue weighted by molar-refractivity contribution is 7.47. The quantitative estimate of drug-likeness (QED) is 0.0224. The third kappa shape index (κ3) is 38.0. The molecule has 0 aliphatic carbocycles. The van der Waals surface area contributed by atoms with Crippen LogP contribution in [-0.2, 0) is 27.9 Å². The Bertz CT molecular complexity index is 900. The fourth-order valence-electron chi connectivity index (χ4n) is 5.23. The summed E-state index contributed by atoms with van der Waals surface area (Å²) in [7, 11) is 1.65. The van der Waals surface area contributed by atoms with Crippen LogP contribution in [0.1, 0.15) is 162 Å². The Morgan fingerprint density at radius 3 is 1.72 bits per heavy atom. The minimum absolute atomic E-state index is 0.0841. The highest BCUT2D eigenvalue weighted by Gasteiger charge is 2.26. The van der Waals surface area contributed by atoms with Crippen molar-refractivity contribution in [3.05, 3.63) is 36.5 Å². The first-order valence-corrected chi connectivity index (χ1v) is 21.7. The Morgan fingerprint density at radius 2 is 1.14 bits per heavy atom. The summed E-state index contributed by atoms with van der Waals surface area (Å²) < 4.78 is 34.9. The molecule has 0 radical (unpaired) electrons. The van der Waals surface area contributed by atoms with Crippen LogP contribution in [0, 0.1) is 0 Å². The monoisotopic (exact) mass is 729 g/mol. The lowest BCUT2D eigenvalue weighted by Gasteiger charge is -2.24. The molecule has 0 aromatic carbocycles. The van der Waals surface area contributed by atoms with Crippen LogP contribution in [0.3, 0.4) is 0 Å². The van der Waals surface area contributed by atoms with Crippen LogP contribution in [-0.4, -0.2) is 75.6 Å². The number of nitrogens with zero attached hydrogens (tertiary/aromatic N) is 1. The molecule has 50 heavy (non-hydrogen) atoms. The molecule has 0 heterocycles. The van der Waals surface area contributed by atoms with Gasteiger partial charge < -0.3 is 18.9 Å². The Hall–Kier alpha value is -1.28. The van der Waals surface area contributed by atoms with Gasteiger partial charge in [-0.05, 0) is 64.2 Å². The number of esters is 1. The average Bonchev–Trinajstić information content (AvgIpc) is 3.06. The Kier molecular flexibility index (Phi) is 33.9. The number of hydrogen-bond acceptors (Lipinski definition) is 6. The molecule has 8 nitrogen and oxygen atoms in total. The van der Waals surface area contributed by atoms with Crippen molar-refractivity contribution < 1.29 is 37.3 Å². The molecule has 0 amide bonds. The molecule has 0 spiro atoms. The van der Waals surface area contributed by atoms with E-state index in [1.807, 2.05) is 21.1 Å². The van der Waals surface area contributed by atoms with Crippen molar-refractivity contribution in [2.45, 2.75) is 168 Å². The van der Waals surface area contributed by atoms with E-state index in [2.05, 4.69) is 50.3 Å². The maximum atomic E-state index is 12.6. The van der Waals surface area contributed by atoms with Gasteiger partial charge in [0.05, 0.1) is 34.4 Å². The maximum Gasteiger partial charge on any atom is 0.472 e. The number of hydrogen-bond donors (Lipinski definition) is 1. The SMILES string of the molecule is CCC/C=C\C/C=C\CCCCCCCC(=O)OC(COCCCCCCCC/C=C\CCCCCCC)COP(=O)(O)OCC[N+](C)(C)C. The van der Waals surface area contributed by atoms with E-state index in [1.165, 1.54) is 77.0 Å². The molecule has 9 heteroatoms. The van der Waals surface area contributed by atoms with Crippen molar-refractivity contribution in [2.75, 3.05) is 54.1 Å². The van der Waals surface area contributed by atoms with Crippen molar-refractivity contribution >= 4 is 13.8 Å². The summed E-state index contributed by atoms with van der Waals surface area (Å²) in [6, 6.07) is 0. The largest absolute Gasteiger partial charge is 0.472 e. The van der Waals surface area contributed by atoms with Gasteiger partial charge in [0, 0.05) is 13.0 Å². The number of carbonyl (C=O) groups excluding carboxylic acids is 1. The lowest BCUT2D eigenvalue weighted by atomic mass is 10.1. The summed E-state index contributed by atoms with van der Waals surface area (Å²) in [5.74, 6) is -0.332. The highest BCUT2D eigenvalue weighted by Crippen LogP contribution is 2.43. The van der Waals surface area contributed by atoms with Crippen LogP contribution in [0.5, 0.6) is 0 Å². The predicted molar refractivity (Wildman–Crippen MR) is 210 cm³/mol. The van der Waals surface area contributed by atoms with Gasteiger partial charge in [-0.2, -0.15) is 0 Å². The van der Waals surface area contributed by atoms with Gasteiger partial charge in [0.2, 0.25) is 0 Å². The molecule has 0 aliphatic rings. The summed E-state index contributed by atoms with van der Waals surface area (Å²) in [5, 5.41) is 0. The smallest absolute Gasteiger partial charge is 0.457 e. The third-order valence-corrected chi connectivity index (χ3v) is 9.39. The van der Waals surface area contributed by atoms with Gasteiger partial charge in [0.1, 0.15) is 19.3 Å². The molecule has 294 valence electrons. The molecule has 0 aromatic heterocycles. The number of phosphoric acid groups is 1. The number of quaternary nitrogens is 1. The molecule has 2 atom stereocenters. The normalized spacial score (nSPS) is 14.3. The van der Waals surface area contributed by atoms with Crippen molar-refractivity contribution in [1.29, 1.82) is 0 Å². The van der Waals surface area contributed by atoms with Gasteiger partial charge in [0.15, 0.2) is 0 Å². The van der Waals surface area contributed by atoms with Gasteiger partial charge in [-0.3, -0.25) is 13.8 Å². The van der Waals surface area contributed by atoms with E-state index in [9.17, 15) is 14.3 Å². The molecule has 0 aromatic rings. The van der Waals surface area contributed by atoms with E-state index >= 15 is 0 Å². The number of phosphoric ester groups is 1. The second kappa shape index (κ2) is 34.8. The van der Waals surface area contributed by atoms with Crippen LogP contribution in [0.4, 0.5) is 0 Å². The first-order chi connectivity index (χ1) is 24.1. The van der Waals surface area contributed by atoms with Crippen LogP contribution >= 0.6 is 7.82 Å². The van der Waals surface area contributed by atoms with E-state index in [0.717, 1.165) is 64.2 Å². The van der Waals surface area contributed by atoms with Gasteiger partial charge in [-0.1, -0.05) is 127 Å². The summed E-state index contributed by atoms with van der Waals surface area (Å²) >= 11 is 0. The zero-order chi connectivity index (χ0) is 37.0. The molecule has 2 unspecified atom stereocenters. The number of carbonyl (C=O) groups is 1. The number of likely N-dealkylation sites (N-methyl/N-ethyl adjacent to an activating group) is 1. The topological polar surface area (TPSA) is 91.3 Å². The summed E-state index contributed by atoms with van der Waals surface area (Å²) in [6.07, 6.45) is 38.8. The molecule has 0 saturated carbocycles. The molecule has 1 N–H and O–H groups in total. The summed E-state index contributed by atoms with van der Waals surface area (Å²) in [6.45, 7) is 5.51. The second-order valence-electron chi connectivity index (χ2n) is 14.7. The second-order valence-corrected chi connectivity index (χ2v) is 16.1. The van der Waals surface area contributed by atoms with Crippen LogP contribution in [0.2, 0.25) is 0 Å². The zero-order valence-corrected chi connectivity index (χ0v) is 34.0. The van der Waals surface area contributed by atoms with E-state index < -0.39 is 13.9 Å². The maximum absolute atomic E-state index is 12.6. The summed E-state index contributed by atoms with van der Waals surface area (Å²) in [5.41, 5.74) is 0. The first-order valence-electron chi connectivity index (χ1n) is 20.2. The number of rotatable bonds is 37. The van der Waals surface area contributed by atoms with Crippen LogP contribution in [0.15, 0.2) is 36.5 Å². The van der Waals surface area contributed by atoms with Crippen molar-refractivity contribution in [3.63, 3.8) is 0 Å².